The van der Waals surface area contributed by atoms with Crippen LogP contribution in [0.4, 0.5) is 0 Å². The Kier molecular flexibility index (Phi) is 4.84. The maximum absolute atomic E-state index is 11.7. The molecule has 0 radical (unpaired) electrons. The van der Waals surface area contributed by atoms with Gasteiger partial charge in [0.1, 0.15) is 0 Å². The Morgan fingerprint density at radius 3 is 2.15 bits per heavy atom. The molecule has 100 valence electrons. The van der Waals surface area contributed by atoms with Crippen LogP contribution in [0.3, 0.4) is 0 Å². The van der Waals surface area contributed by atoms with Gasteiger partial charge in [0.25, 0.3) is 0 Å². The summed E-state index contributed by atoms with van der Waals surface area (Å²) in [5.41, 5.74) is 1.44. The van der Waals surface area contributed by atoms with Crippen LogP contribution in [0.1, 0.15) is 15.9 Å². The molecule has 0 bridgehead atoms. The molecule has 0 fully saturated rings. The van der Waals surface area contributed by atoms with E-state index in [0.29, 0.717) is 5.56 Å². The Balaban J connectivity index is 1.84. The first kappa shape index (κ1) is 13.7. The highest BCUT2D eigenvalue weighted by atomic mass is 16.5. The first-order valence-corrected chi connectivity index (χ1v) is 6.24. The van der Waals surface area contributed by atoms with E-state index in [1.807, 2.05) is 36.4 Å². The number of rotatable bonds is 5. The number of esters is 1. The highest BCUT2D eigenvalue weighted by molar-refractivity contribution is 5.98. The molecule has 0 aliphatic heterocycles. The topological polar surface area (TPSA) is 43.4 Å². The molecule has 20 heavy (non-hydrogen) atoms. The fraction of sp³-hybridized carbons (Fsp3) is 0.0588. The summed E-state index contributed by atoms with van der Waals surface area (Å²) in [5.74, 6) is -0.745. The van der Waals surface area contributed by atoms with Crippen LogP contribution in [-0.4, -0.2) is 18.4 Å². The molecule has 0 aromatic heterocycles. The van der Waals surface area contributed by atoms with Crippen molar-refractivity contribution in [2.75, 3.05) is 6.61 Å². The predicted molar refractivity (Wildman–Crippen MR) is 77.2 cm³/mol. The molecular formula is C17H14O3. The van der Waals surface area contributed by atoms with Crippen molar-refractivity contribution < 1.29 is 14.3 Å². The Morgan fingerprint density at radius 1 is 0.900 bits per heavy atom. The number of carbonyl (C=O) groups is 2. The fourth-order valence-electron chi connectivity index (χ4n) is 1.62. The van der Waals surface area contributed by atoms with Gasteiger partial charge in [0.05, 0.1) is 0 Å². The average molecular weight is 266 g/mol. The lowest BCUT2D eigenvalue weighted by Crippen LogP contribution is -2.12. The van der Waals surface area contributed by atoms with Crippen molar-refractivity contribution in [3.8, 4) is 0 Å². The molecule has 0 aliphatic rings. The Morgan fingerprint density at radius 2 is 1.50 bits per heavy atom. The van der Waals surface area contributed by atoms with Crippen molar-refractivity contribution in [3.05, 3.63) is 77.9 Å². The molecule has 0 atom stereocenters. The van der Waals surface area contributed by atoms with Crippen LogP contribution in [0, 0.1) is 0 Å². The minimum absolute atomic E-state index is 0.216. The van der Waals surface area contributed by atoms with Gasteiger partial charge in [-0.2, -0.15) is 0 Å². The van der Waals surface area contributed by atoms with Gasteiger partial charge in [0.15, 0.2) is 12.4 Å². The molecule has 0 N–H and O–H groups in total. The van der Waals surface area contributed by atoms with E-state index in [2.05, 4.69) is 0 Å². The van der Waals surface area contributed by atoms with Crippen molar-refractivity contribution in [3.63, 3.8) is 0 Å². The zero-order chi connectivity index (χ0) is 14.2. The number of hydrogen-bond acceptors (Lipinski definition) is 3. The maximum atomic E-state index is 11.7. The average Bonchev–Trinajstić information content (AvgIpc) is 2.52. The van der Waals surface area contributed by atoms with Gasteiger partial charge in [0, 0.05) is 11.6 Å². The van der Waals surface area contributed by atoms with E-state index in [1.54, 1.807) is 30.3 Å². The van der Waals surface area contributed by atoms with Crippen LogP contribution in [0.2, 0.25) is 0 Å². The van der Waals surface area contributed by atoms with Gasteiger partial charge in [-0.3, -0.25) is 4.79 Å². The van der Waals surface area contributed by atoms with Crippen molar-refractivity contribution >= 4 is 17.8 Å². The van der Waals surface area contributed by atoms with Crippen molar-refractivity contribution in [2.45, 2.75) is 0 Å². The summed E-state index contributed by atoms with van der Waals surface area (Å²) >= 11 is 0. The van der Waals surface area contributed by atoms with E-state index in [1.165, 1.54) is 6.08 Å². The summed E-state index contributed by atoms with van der Waals surface area (Å²) in [6, 6.07) is 18.1. The first-order valence-electron chi connectivity index (χ1n) is 6.24. The minimum Gasteiger partial charge on any atom is -0.454 e. The van der Waals surface area contributed by atoms with E-state index < -0.39 is 5.97 Å². The zero-order valence-corrected chi connectivity index (χ0v) is 10.9. The van der Waals surface area contributed by atoms with E-state index in [9.17, 15) is 9.59 Å². The number of ether oxygens (including phenoxy) is 1. The normalized spacial score (nSPS) is 10.4. The summed E-state index contributed by atoms with van der Waals surface area (Å²) in [5, 5.41) is 0. The van der Waals surface area contributed by atoms with Crippen LogP contribution >= 0.6 is 0 Å². The lowest BCUT2D eigenvalue weighted by atomic mass is 10.1. The smallest absolute Gasteiger partial charge is 0.331 e. The first-order chi connectivity index (χ1) is 9.75. The van der Waals surface area contributed by atoms with Gasteiger partial charge >= 0.3 is 5.97 Å². The Labute approximate surface area is 117 Å². The third kappa shape index (κ3) is 4.21. The quantitative estimate of drug-likeness (QED) is 0.474. The van der Waals surface area contributed by atoms with E-state index in [0.717, 1.165) is 5.56 Å². The van der Waals surface area contributed by atoms with Gasteiger partial charge in [0.2, 0.25) is 0 Å². The van der Waals surface area contributed by atoms with Gasteiger partial charge in [-0.15, -0.1) is 0 Å². The summed E-state index contributed by atoms with van der Waals surface area (Å²) in [6.45, 7) is -0.248. The summed E-state index contributed by atoms with van der Waals surface area (Å²) < 4.78 is 4.90. The zero-order valence-electron chi connectivity index (χ0n) is 10.9. The lowest BCUT2D eigenvalue weighted by Gasteiger charge is -2.01. The number of ketones is 1. The molecule has 0 saturated carbocycles. The SMILES string of the molecule is O=C(/C=C\c1ccccc1)OCC(=O)c1ccccc1. The molecule has 2 aromatic carbocycles. The van der Waals surface area contributed by atoms with Gasteiger partial charge < -0.3 is 4.74 Å². The largest absolute Gasteiger partial charge is 0.454 e. The number of Topliss-reactive ketones (excluding diaryl/α,β-unsaturated/α-hetero) is 1. The Hall–Kier alpha value is -2.68. The third-order valence-electron chi connectivity index (χ3n) is 2.65. The summed E-state index contributed by atoms with van der Waals surface area (Å²) in [6.07, 6.45) is 2.96. The second-order valence-electron chi connectivity index (χ2n) is 4.14. The second-order valence-corrected chi connectivity index (χ2v) is 4.14. The Bertz CT molecular complexity index is 601. The van der Waals surface area contributed by atoms with Crippen LogP contribution < -0.4 is 0 Å². The summed E-state index contributed by atoms with van der Waals surface area (Å²) in [7, 11) is 0. The molecular weight excluding hydrogens is 252 g/mol. The van der Waals surface area contributed by atoms with Crippen LogP contribution in [0.25, 0.3) is 6.08 Å². The molecule has 3 heteroatoms. The van der Waals surface area contributed by atoms with Gasteiger partial charge in [-0.05, 0) is 11.6 Å². The molecule has 3 nitrogen and oxygen atoms in total. The molecule has 0 spiro atoms. The van der Waals surface area contributed by atoms with Crippen molar-refractivity contribution in [1.82, 2.24) is 0 Å². The molecule has 0 heterocycles. The maximum Gasteiger partial charge on any atom is 0.331 e. The highest BCUT2D eigenvalue weighted by Crippen LogP contribution is 2.03. The lowest BCUT2D eigenvalue weighted by molar-refractivity contribution is -0.136. The summed E-state index contributed by atoms with van der Waals surface area (Å²) in [4.78, 5) is 23.2. The van der Waals surface area contributed by atoms with E-state index >= 15 is 0 Å². The monoisotopic (exact) mass is 266 g/mol. The molecule has 0 unspecified atom stereocenters. The van der Waals surface area contributed by atoms with Crippen molar-refractivity contribution in [2.24, 2.45) is 0 Å². The molecule has 0 saturated heterocycles. The number of hydrogen-bond donors (Lipinski definition) is 0. The van der Waals surface area contributed by atoms with Crippen LogP contribution in [0.15, 0.2) is 66.7 Å². The van der Waals surface area contributed by atoms with Crippen molar-refractivity contribution in [1.29, 1.82) is 0 Å². The minimum atomic E-state index is -0.530. The molecule has 0 amide bonds. The third-order valence-corrected chi connectivity index (χ3v) is 2.65. The van der Waals surface area contributed by atoms with Crippen LogP contribution in [0.5, 0.6) is 0 Å². The second kappa shape index (κ2) is 7.04. The van der Waals surface area contributed by atoms with E-state index in [4.69, 9.17) is 4.74 Å². The van der Waals surface area contributed by atoms with Gasteiger partial charge in [-0.1, -0.05) is 60.7 Å². The number of carbonyl (C=O) groups excluding carboxylic acids is 2. The van der Waals surface area contributed by atoms with E-state index in [-0.39, 0.29) is 12.4 Å². The highest BCUT2D eigenvalue weighted by Gasteiger charge is 2.07. The number of benzene rings is 2. The standard InChI is InChI=1S/C17H14O3/c18-16(15-9-5-2-6-10-15)13-20-17(19)12-11-14-7-3-1-4-8-14/h1-12H,13H2/b12-11-. The molecule has 0 aliphatic carbocycles. The predicted octanol–water partition coefficient (Wildman–Crippen LogP) is 3.13. The fourth-order valence-corrected chi connectivity index (χ4v) is 1.62. The van der Waals surface area contributed by atoms with Crippen LogP contribution in [-0.2, 0) is 9.53 Å². The molecule has 2 aromatic rings. The van der Waals surface area contributed by atoms with Gasteiger partial charge in [-0.25, -0.2) is 4.79 Å². The molecule has 2 rings (SSSR count).